The Morgan fingerprint density at radius 2 is 1.68 bits per heavy atom. The number of nitrogens with zero attached hydrogens (tertiary/aromatic N) is 2. The molecule has 1 fully saturated rings. The normalized spacial score (nSPS) is 17.2. The summed E-state index contributed by atoms with van der Waals surface area (Å²) in [6.45, 7) is 5.98. The highest BCUT2D eigenvalue weighted by atomic mass is 16.5. The molecule has 0 aliphatic carbocycles. The van der Waals surface area contributed by atoms with Gasteiger partial charge in [-0.1, -0.05) is 36.8 Å². The molecule has 128 valence electrons. The molecular formula is C22H24N2O. The quantitative estimate of drug-likeness (QED) is 0.677. The van der Waals surface area contributed by atoms with E-state index in [0.717, 1.165) is 19.6 Å². The predicted molar refractivity (Wildman–Crippen MR) is 102 cm³/mol. The second-order valence-corrected chi connectivity index (χ2v) is 6.62. The molecule has 0 bridgehead atoms. The number of benzene rings is 2. The molecule has 0 spiro atoms. The van der Waals surface area contributed by atoms with Crippen LogP contribution in [0.2, 0.25) is 0 Å². The highest BCUT2D eigenvalue weighted by molar-refractivity contribution is 5.50. The van der Waals surface area contributed by atoms with E-state index >= 15 is 0 Å². The third-order valence-electron chi connectivity index (χ3n) is 4.90. The van der Waals surface area contributed by atoms with Gasteiger partial charge in [-0.25, -0.2) is 0 Å². The molecular weight excluding hydrogens is 308 g/mol. The molecule has 1 aliphatic heterocycles. The Morgan fingerprint density at radius 3 is 2.40 bits per heavy atom. The third-order valence-corrected chi connectivity index (χ3v) is 4.90. The van der Waals surface area contributed by atoms with E-state index in [9.17, 15) is 0 Å². The van der Waals surface area contributed by atoms with Crippen LogP contribution in [0.15, 0.2) is 67.0 Å². The Balaban J connectivity index is 1.59. The van der Waals surface area contributed by atoms with Gasteiger partial charge in [0.15, 0.2) is 6.23 Å². The monoisotopic (exact) mass is 332 g/mol. The molecule has 1 aromatic heterocycles. The maximum absolute atomic E-state index is 6.04. The van der Waals surface area contributed by atoms with E-state index in [4.69, 9.17) is 4.74 Å². The van der Waals surface area contributed by atoms with E-state index in [0.29, 0.717) is 0 Å². The molecule has 1 atom stereocenters. The number of hydrogen-bond acceptors (Lipinski definition) is 2. The summed E-state index contributed by atoms with van der Waals surface area (Å²) in [5, 5.41) is 0. The van der Waals surface area contributed by atoms with Crippen LogP contribution in [0.5, 0.6) is 0 Å². The Bertz CT molecular complexity index is 833. The lowest BCUT2D eigenvalue weighted by Crippen LogP contribution is -2.22. The van der Waals surface area contributed by atoms with Gasteiger partial charge in [0.25, 0.3) is 0 Å². The van der Waals surface area contributed by atoms with Crippen molar-refractivity contribution in [1.29, 1.82) is 0 Å². The lowest BCUT2D eigenvalue weighted by molar-refractivity contribution is 0.114. The van der Waals surface area contributed by atoms with E-state index in [1.807, 2.05) is 0 Å². The minimum Gasteiger partial charge on any atom is -0.352 e. The molecule has 2 aromatic carbocycles. The lowest BCUT2D eigenvalue weighted by Gasteiger charge is -2.24. The fourth-order valence-electron chi connectivity index (χ4n) is 3.37. The Labute approximate surface area is 149 Å². The van der Waals surface area contributed by atoms with Crippen molar-refractivity contribution in [3.8, 4) is 5.69 Å². The largest absolute Gasteiger partial charge is 0.352 e. The van der Waals surface area contributed by atoms with Crippen LogP contribution >= 0.6 is 0 Å². The molecule has 1 aliphatic rings. The molecule has 0 N–H and O–H groups in total. The highest BCUT2D eigenvalue weighted by Gasteiger charge is 2.27. The van der Waals surface area contributed by atoms with Crippen molar-refractivity contribution in [3.05, 3.63) is 83.7 Å². The summed E-state index contributed by atoms with van der Waals surface area (Å²) in [6, 6.07) is 19.6. The van der Waals surface area contributed by atoms with Gasteiger partial charge in [0.05, 0.1) is 6.61 Å². The first-order valence-corrected chi connectivity index (χ1v) is 8.97. The van der Waals surface area contributed by atoms with Crippen LogP contribution in [0, 0.1) is 6.92 Å². The predicted octanol–water partition coefficient (Wildman–Crippen LogP) is 4.88. The number of aryl methyl sites for hydroxylation is 2. The Kier molecular flexibility index (Phi) is 4.33. The summed E-state index contributed by atoms with van der Waals surface area (Å²) in [5.41, 5.74) is 6.23. The fraction of sp³-hybridized carbons (Fsp3) is 0.273. The van der Waals surface area contributed by atoms with Crippen molar-refractivity contribution in [2.45, 2.75) is 26.5 Å². The van der Waals surface area contributed by atoms with Crippen molar-refractivity contribution in [2.24, 2.45) is 0 Å². The van der Waals surface area contributed by atoms with Crippen molar-refractivity contribution in [1.82, 2.24) is 4.57 Å². The SMILES string of the molecule is CCc1ccc(N2CCOC2c2ccn(-c3ccc(C)cc3)c2)cc1. The molecule has 3 heteroatoms. The van der Waals surface area contributed by atoms with Gasteiger partial charge in [0.2, 0.25) is 0 Å². The van der Waals surface area contributed by atoms with Gasteiger partial charge in [0, 0.05) is 35.9 Å². The third kappa shape index (κ3) is 3.20. The second kappa shape index (κ2) is 6.77. The van der Waals surface area contributed by atoms with Crippen molar-refractivity contribution < 1.29 is 4.74 Å². The summed E-state index contributed by atoms with van der Waals surface area (Å²) in [4.78, 5) is 2.34. The lowest BCUT2D eigenvalue weighted by atomic mass is 10.1. The van der Waals surface area contributed by atoms with E-state index in [2.05, 4.69) is 90.3 Å². The average molecular weight is 332 g/mol. The van der Waals surface area contributed by atoms with Crippen LogP contribution in [0.25, 0.3) is 5.69 Å². The zero-order chi connectivity index (χ0) is 17.2. The number of anilines is 1. The van der Waals surface area contributed by atoms with Gasteiger partial charge < -0.3 is 14.2 Å². The average Bonchev–Trinajstić information content (AvgIpc) is 3.31. The zero-order valence-corrected chi connectivity index (χ0v) is 14.9. The Hall–Kier alpha value is -2.52. The molecule has 1 unspecified atom stereocenters. The molecule has 25 heavy (non-hydrogen) atoms. The first-order valence-electron chi connectivity index (χ1n) is 8.97. The fourth-order valence-corrected chi connectivity index (χ4v) is 3.37. The Morgan fingerprint density at radius 1 is 0.960 bits per heavy atom. The van der Waals surface area contributed by atoms with Gasteiger partial charge in [-0.15, -0.1) is 0 Å². The minimum atomic E-state index is -0.0147. The van der Waals surface area contributed by atoms with Crippen molar-refractivity contribution in [2.75, 3.05) is 18.1 Å². The summed E-state index contributed by atoms with van der Waals surface area (Å²) >= 11 is 0. The molecule has 0 amide bonds. The van der Waals surface area contributed by atoms with Crippen LogP contribution < -0.4 is 4.90 Å². The van der Waals surface area contributed by atoms with Crippen molar-refractivity contribution >= 4 is 5.69 Å². The zero-order valence-electron chi connectivity index (χ0n) is 14.9. The maximum Gasteiger partial charge on any atom is 0.158 e. The van der Waals surface area contributed by atoms with Crippen LogP contribution in [0.1, 0.15) is 29.8 Å². The first kappa shape index (κ1) is 16.0. The standard InChI is InChI=1S/C22H24N2O/c1-3-18-6-10-21(11-7-18)24-14-15-25-22(24)19-12-13-23(16-19)20-8-4-17(2)5-9-20/h4-13,16,22H,3,14-15H2,1-2H3. The summed E-state index contributed by atoms with van der Waals surface area (Å²) in [7, 11) is 0. The topological polar surface area (TPSA) is 17.4 Å². The van der Waals surface area contributed by atoms with Gasteiger partial charge in [-0.3, -0.25) is 0 Å². The first-order chi connectivity index (χ1) is 12.2. The molecule has 0 saturated carbocycles. The van der Waals surface area contributed by atoms with Crippen LogP contribution in [-0.4, -0.2) is 17.7 Å². The van der Waals surface area contributed by atoms with Crippen LogP contribution in [-0.2, 0) is 11.2 Å². The number of ether oxygens (including phenoxy) is 1. The molecule has 3 nitrogen and oxygen atoms in total. The molecule has 0 radical (unpaired) electrons. The molecule has 2 heterocycles. The highest BCUT2D eigenvalue weighted by Crippen LogP contribution is 2.32. The summed E-state index contributed by atoms with van der Waals surface area (Å²) in [5.74, 6) is 0. The van der Waals surface area contributed by atoms with Gasteiger partial charge in [-0.05, 0) is 49.2 Å². The molecule has 1 saturated heterocycles. The van der Waals surface area contributed by atoms with Crippen LogP contribution in [0.3, 0.4) is 0 Å². The number of rotatable bonds is 4. The maximum atomic E-state index is 6.04. The number of hydrogen-bond donors (Lipinski definition) is 0. The van der Waals surface area contributed by atoms with E-state index in [1.165, 1.54) is 28.1 Å². The van der Waals surface area contributed by atoms with E-state index < -0.39 is 0 Å². The van der Waals surface area contributed by atoms with Gasteiger partial charge in [-0.2, -0.15) is 0 Å². The molecule has 4 rings (SSSR count). The second-order valence-electron chi connectivity index (χ2n) is 6.62. The summed E-state index contributed by atoms with van der Waals surface area (Å²) < 4.78 is 8.21. The van der Waals surface area contributed by atoms with E-state index in [-0.39, 0.29) is 6.23 Å². The van der Waals surface area contributed by atoms with Gasteiger partial charge >= 0.3 is 0 Å². The minimum absolute atomic E-state index is 0.0147. The van der Waals surface area contributed by atoms with Crippen LogP contribution in [0.4, 0.5) is 5.69 Å². The molecule has 3 aromatic rings. The van der Waals surface area contributed by atoms with Crippen molar-refractivity contribution in [3.63, 3.8) is 0 Å². The van der Waals surface area contributed by atoms with Gasteiger partial charge in [0.1, 0.15) is 0 Å². The number of aromatic nitrogens is 1. The van der Waals surface area contributed by atoms with E-state index in [1.54, 1.807) is 0 Å². The summed E-state index contributed by atoms with van der Waals surface area (Å²) in [6.07, 6.45) is 5.34. The smallest absolute Gasteiger partial charge is 0.158 e.